The first-order chi connectivity index (χ1) is 12.8. The number of hydrogen-bond acceptors (Lipinski definition) is 6. The highest BCUT2D eigenvalue weighted by molar-refractivity contribution is 9.10. The first-order valence-corrected chi connectivity index (χ1v) is 8.24. The molecule has 10 nitrogen and oxygen atoms in total. The summed E-state index contributed by atoms with van der Waals surface area (Å²) in [6.07, 6.45) is 1.25. The first kappa shape index (κ1) is 19.8. The van der Waals surface area contributed by atoms with Gasteiger partial charge in [0.25, 0.3) is 11.6 Å². The zero-order chi connectivity index (χ0) is 19.8. The number of rotatable bonds is 6. The lowest BCUT2D eigenvalue weighted by atomic mass is 10.2. The minimum absolute atomic E-state index is 0.00865. The average Bonchev–Trinajstić information content (AvgIpc) is 2.63. The van der Waals surface area contributed by atoms with E-state index in [2.05, 4.69) is 37.1 Å². The number of benzene rings is 2. The molecule has 0 atom stereocenters. The van der Waals surface area contributed by atoms with Gasteiger partial charge in [-0.15, -0.1) is 0 Å². The predicted molar refractivity (Wildman–Crippen MR) is 102 cm³/mol. The molecule has 2 aromatic carbocycles. The van der Waals surface area contributed by atoms with Crippen LogP contribution in [0.5, 0.6) is 5.75 Å². The zero-order valence-corrected chi connectivity index (χ0v) is 15.3. The van der Waals surface area contributed by atoms with Gasteiger partial charge >= 0.3 is 6.03 Å². The highest BCUT2D eigenvalue weighted by Gasteiger charge is 2.09. The third-order valence-electron chi connectivity index (χ3n) is 3.11. The van der Waals surface area contributed by atoms with E-state index in [1.165, 1.54) is 36.5 Å². The summed E-state index contributed by atoms with van der Waals surface area (Å²) in [6.45, 7) is -0.372. The lowest BCUT2D eigenvalue weighted by Crippen LogP contribution is -2.37. The van der Waals surface area contributed by atoms with Gasteiger partial charge < -0.3 is 15.7 Å². The molecule has 0 saturated carbocycles. The molecule has 27 heavy (non-hydrogen) atoms. The summed E-state index contributed by atoms with van der Waals surface area (Å²) in [5.74, 6) is -0.611. The Morgan fingerprint density at radius 1 is 1.26 bits per heavy atom. The Bertz CT molecular complexity index is 903. The number of halogens is 1. The van der Waals surface area contributed by atoms with Gasteiger partial charge in [-0.1, -0.05) is 22.0 Å². The molecule has 2 aromatic rings. The van der Waals surface area contributed by atoms with Crippen LogP contribution in [-0.2, 0) is 4.79 Å². The maximum Gasteiger partial charge on any atom is 0.319 e. The third-order valence-corrected chi connectivity index (χ3v) is 3.60. The van der Waals surface area contributed by atoms with E-state index in [1.807, 2.05) is 0 Å². The molecule has 3 amide bonds. The van der Waals surface area contributed by atoms with E-state index in [0.29, 0.717) is 5.56 Å². The van der Waals surface area contributed by atoms with Crippen molar-refractivity contribution in [2.75, 3.05) is 11.9 Å². The van der Waals surface area contributed by atoms with Crippen LogP contribution in [0, 0.1) is 10.1 Å². The number of nitrogens with zero attached hydrogens (tertiary/aromatic N) is 2. The highest BCUT2D eigenvalue weighted by Crippen LogP contribution is 2.20. The molecule has 2 rings (SSSR count). The molecule has 0 unspecified atom stereocenters. The number of phenols is 1. The van der Waals surface area contributed by atoms with Crippen molar-refractivity contribution in [1.29, 1.82) is 0 Å². The van der Waals surface area contributed by atoms with Crippen LogP contribution in [0.1, 0.15) is 5.56 Å². The van der Waals surface area contributed by atoms with E-state index in [1.54, 1.807) is 12.1 Å². The van der Waals surface area contributed by atoms with Crippen LogP contribution < -0.4 is 16.1 Å². The first-order valence-electron chi connectivity index (χ1n) is 7.45. The standard InChI is InChI=1S/C16H14BrN5O5/c17-11-4-5-14(23)10(6-11)8-19-21-15(24)9-18-16(25)20-12-2-1-3-13(7-12)22(26)27/h1-8,23H,9H2,(H,21,24)(H2,18,20,25)/b19-8+. The molecule has 0 aliphatic heterocycles. The monoisotopic (exact) mass is 435 g/mol. The number of carbonyl (C=O) groups is 2. The van der Waals surface area contributed by atoms with Gasteiger partial charge in [-0.05, 0) is 24.3 Å². The van der Waals surface area contributed by atoms with Crippen LogP contribution in [0.3, 0.4) is 0 Å². The number of hydrazone groups is 1. The van der Waals surface area contributed by atoms with Gasteiger partial charge in [-0.3, -0.25) is 14.9 Å². The lowest BCUT2D eigenvalue weighted by molar-refractivity contribution is -0.384. The van der Waals surface area contributed by atoms with Gasteiger partial charge in [0.2, 0.25) is 0 Å². The largest absolute Gasteiger partial charge is 0.507 e. The van der Waals surface area contributed by atoms with Gasteiger partial charge in [-0.2, -0.15) is 5.10 Å². The Labute approximate surface area is 161 Å². The van der Waals surface area contributed by atoms with Crippen molar-refractivity contribution in [2.45, 2.75) is 0 Å². The quantitative estimate of drug-likeness (QED) is 0.312. The van der Waals surface area contributed by atoms with Gasteiger partial charge in [0.15, 0.2) is 0 Å². The van der Waals surface area contributed by atoms with Crippen molar-refractivity contribution in [1.82, 2.24) is 10.7 Å². The minimum atomic E-state index is -0.709. The van der Waals surface area contributed by atoms with E-state index >= 15 is 0 Å². The Morgan fingerprint density at radius 3 is 2.78 bits per heavy atom. The Hall–Kier alpha value is -3.47. The summed E-state index contributed by atoms with van der Waals surface area (Å²) in [4.78, 5) is 33.5. The summed E-state index contributed by atoms with van der Waals surface area (Å²) >= 11 is 3.25. The van der Waals surface area contributed by atoms with Gasteiger partial charge in [0, 0.05) is 27.9 Å². The van der Waals surface area contributed by atoms with Crippen LogP contribution in [-0.4, -0.2) is 34.7 Å². The second kappa shape index (κ2) is 9.29. The normalized spacial score (nSPS) is 10.4. The molecular weight excluding hydrogens is 422 g/mol. The van der Waals surface area contributed by atoms with Crippen molar-refractivity contribution in [2.24, 2.45) is 5.10 Å². The molecule has 0 aromatic heterocycles. The minimum Gasteiger partial charge on any atom is -0.507 e. The SMILES string of the molecule is O=C(CNC(=O)Nc1cccc([N+](=O)[O-])c1)N/N=C/c1cc(Br)ccc1O. The van der Waals surface area contributed by atoms with Gasteiger partial charge in [0.05, 0.1) is 11.1 Å². The maximum atomic E-state index is 11.7. The van der Waals surface area contributed by atoms with Crippen LogP contribution in [0.15, 0.2) is 52.0 Å². The summed E-state index contributed by atoms with van der Waals surface area (Å²) in [5.41, 5.74) is 2.63. The van der Waals surface area contributed by atoms with E-state index in [-0.39, 0.29) is 23.7 Å². The third kappa shape index (κ3) is 6.40. The predicted octanol–water partition coefficient (Wildman–Crippen LogP) is 2.33. The van der Waals surface area contributed by atoms with Crippen LogP contribution in [0.4, 0.5) is 16.2 Å². The summed E-state index contributed by atoms with van der Waals surface area (Å²) in [7, 11) is 0. The lowest BCUT2D eigenvalue weighted by Gasteiger charge is -2.06. The van der Waals surface area contributed by atoms with Crippen LogP contribution >= 0.6 is 15.9 Å². The average molecular weight is 436 g/mol. The van der Waals surface area contributed by atoms with Crippen LogP contribution in [0.25, 0.3) is 0 Å². The molecule has 0 heterocycles. The number of nitro groups is 1. The molecule has 4 N–H and O–H groups in total. The van der Waals surface area contributed by atoms with E-state index in [0.717, 1.165) is 4.47 Å². The summed E-state index contributed by atoms with van der Waals surface area (Å²) in [5, 5.41) is 28.7. The number of urea groups is 1. The van der Waals surface area contributed by atoms with Gasteiger partial charge in [0.1, 0.15) is 12.3 Å². The number of non-ortho nitro benzene ring substituents is 1. The number of phenolic OH excluding ortho intramolecular Hbond substituents is 1. The molecule has 140 valence electrons. The van der Waals surface area contributed by atoms with Crippen molar-refractivity contribution in [3.63, 3.8) is 0 Å². The number of nitro benzene ring substituents is 1. The molecule has 0 aliphatic carbocycles. The molecule has 0 bridgehead atoms. The topological polar surface area (TPSA) is 146 Å². The summed E-state index contributed by atoms with van der Waals surface area (Å²) in [6, 6.07) is 9.39. The Balaban J connectivity index is 1.80. The number of anilines is 1. The Kier molecular flexibility index (Phi) is 6.83. The number of amides is 3. The second-order valence-electron chi connectivity index (χ2n) is 5.11. The van der Waals surface area contributed by atoms with Crippen molar-refractivity contribution in [3.8, 4) is 5.75 Å². The van der Waals surface area contributed by atoms with Crippen molar-refractivity contribution in [3.05, 3.63) is 62.6 Å². The molecule has 0 spiro atoms. The zero-order valence-electron chi connectivity index (χ0n) is 13.7. The molecule has 0 saturated heterocycles. The van der Waals surface area contributed by atoms with Crippen molar-refractivity contribution >= 4 is 45.5 Å². The molecule has 0 aliphatic rings. The Morgan fingerprint density at radius 2 is 2.04 bits per heavy atom. The van der Waals surface area contributed by atoms with Crippen LogP contribution in [0.2, 0.25) is 0 Å². The second-order valence-corrected chi connectivity index (χ2v) is 6.03. The molecule has 0 radical (unpaired) electrons. The summed E-state index contributed by atoms with van der Waals surface area (Å²) < 4.78 is 0.729. The highest BCUT2D eigenvalue weighted by atomic mass is 79.9. The molecule has 0 fully saturated rings. The fraction of sp³-hybridized carbons (Fsp3) is 0.0625. The van der Waals surface area contributed by atoms with Crippen molar-refractivity contribution < 1.29 is 19.6 Å². The maximum absolute atomic E-state index is 11.7. The van der Waals surface area contributed by atoms with E-state index in [4.69, 9.17) is 0 Å². The van der Waals surface area contributed by atoms with E-state index < -0.39 is 16.9 Å². The number of nitrogens with one attached hydrogen (secondary N) is 3. The molecular formula is C16H14BrN5O5. The number of hydrogen-bond donors (Lipinski definition) is 4. The number of carbonyl (C=O) groups excluding carboxylic acids is 2. The fourth-order valence-corrected chi connectivity index (χ4v) is 2.25. The fourth-order valence-electron chi connectivity index (χ4n) is 1.88. The van der Waals surface area contributed by atoms with E-state index in [9.17, 15) is 24.8 Å². The van der Waals surface area contributed by atoms with Gasteiger partial charge in [-0.25, -0.2) is 10.2 Å². The smallest absolute Gasteiger partial charge is 0.319 e. The number of aromatic hydroxyl groups is 1. The molecule has 11 heteroatoms.